The standard InChI is InChI=1S/C8H6N2.P/c1-2-4-8-7(3-1)5-9-6-10-8;/h1-6H;. The summed E-state index contributed by atoms with van der Waals surface area (Å²) in [6, 6.07) is 7.91. The third-order valence-electron chi connectivity index (χ3n) is 1.41. The largest absolute Gasteiger partial charge is 0.244 e. The van der Waals surface area contributed by atoms with Crippen LogP contribution >= 0.6 is 9.90 Å². The zero-order valence-electron chi connectivity index (χ0n) is 5.81. The summed E-state index contributed by atoms with van der Waals surface area (Å²) in [6.45, 7) is 0. The number of aromatic nitrogens is 2. The number of para-hydroxylation sites is 1. The lowest BCUT2D eigenvalue weighted by molar-refractivity contribution is 1.22. The molecule has 1 aromatic carbocycles. The second kappa shape index (κ2) is 3.40. The van der Waals surface area contributed by atoms with Crippen molar-refractivity contribution in [2.75, 3.05) is 0 Å². The number of rotatable bonds is 0. The van der Waals surface area contributed by atoms with Gasteiger partial charge in [0.05, 0.1) is 5.52 Å². The Kier molecular flexibility index (Phi) is 2.50. The van der Waals surface area contributed by atoms with Crippen molar-refractivity contribution < 1.29 is 0 Å². The fourth-order valence-corrected chi connectivity index (χ4v) is 0.923. The van der Waals surface area contributed by atoms with E-state index in [1.54, 1.807) is 6.33 Å². The molecule has 0 N–H and O–H groups in total. The van der Waals surface area contributed by atoms with E-state index in [2.05, 4.69) is 9.97 Å². The summed E-state index contributed by atoms with van der Waals surface area (Å²) in [4.78, 5) is 7.97. The fraction of sp³-hybridized carbons (Fsp3) is 0. The average molecular weight is 161 g/mol. The van der Waals surface area contributed by atoms with Gasteiger partial charge in [-0.25, -0.2) is 9.97 Å². The van der Waals surface area contributed by atoms with Gasteiger partial charge in [-0.1, -0.05) is 18.2 Å². The van der Waals surface area contributed by atoms with Crippen molar-refractivity contribution in [1.82, 2.24) is 9.97 Å². The van der Waals surface area contributed by atoms with Crippen molar-refractivity contribution in [2.45, 2.75) is 0 Å². The minimum atomic E-state index is 0. The van der Waals surface area contributed by atoms with Gasteiger partial charge < -0.3 is 0 Å². The molecule has 3 radical (unpaired) electrons. The highest BCUT2D eigenvalue weighted by molar-refractivity contribution is 6.92. The normalized spacial score (nSPS) is 9.09. The Balaban J connectivity index is 0.000000605. The first-order chi connectivity index (χ1) is 4.97. The molecular weight excluding hydrogens is 155 g/mol. The van der Waals surface area contributed by atoms with E-state index in [1.165, 1.54) is 0 Å². The monoisotopic (exact) mass is 161 g/mol. The van der Waals surface area contributed by atoms with Crippen LogP contribution in [0, 0.1) is 0 Å². The molecule has 0 unspecified atom stereocenters. The molecule has 2 nitrogen and oxygen atoms in total. The molecule has 1 aromatic heterocycles. The van der Waals surface area contributed by atoms with Crippen LogP contribution in [0.15, 0.2) is 36.8 Å². The van der Waals surface area contributed by atoms with Crippen molar-refractivity contribution in [3.8, 4) is 0 Å². The van der Waals surface area contributed by atoms with E-state index in [1.807, 2.05) is 30.5 Å². The van der Waals surface area contributed by atoms with Crippen molar-refractivity contribution in [2.24, 2.45) is 0 Å². The van der Waals surface area contributed by atoms with E-state index in [0.717, 1.165) is 10.9 Å². The van der Waals surface area contributed by atoms with Crippen molar-refractivity contribution in [1.29, 1.82) is 0 Å². The van der Waals surface area contributed by atoms with Gasteiger partial charge in [0.25, 0.3) is 0 Å². The van der Waals surface area contributed by atoms with Crippen molar-refractivity contribution in [3.05, 3.63) is 36.8 Å². The maximum Gasteiger partial charge on any atom is 0.116 e. The Morgan fingerprint density at radius 3 is 2.73 bits per heavy atom. The van der Waals surface area contributed by atoms with Gasteiger partial charge in [-0.2, -0.15) is 0 Å². The van der Waals surface area contributed by atoms with Crippen molar-refractivity contribution in [3.63, 3.8) is 0 Å². The molecular formula is C8H6N2P. The zero-order chi connectivity index (χ0) is 6.81. The summed E-state index contributed by atoms with van der Waals surface area (Å²) < 4.78 is 0. The van der Waals surface area contributed by atoms with Gasteiger partial charge in [-0.05, 0) is 6.07 Å². The number of nitrogens with zero attached hydrogens (tertiary/aromatic N) is 2. The van der Waals surface area contributed by atoms with E-state index in [4.69, 9.17) is 0 Å². The van der Waals surface area contributed by atoms with E-state index < -0.39 is 0 Å². The van der Waals surface area contributed by atoms with Gasteiger partial charge >= 0.3 is 0 Å². The molecule has 0 saturated carbocycles. The predicted octanol–water partition coefficient (Wildman–Crippen LogP) is 2.49. The molecule has 3 heteroatoms. The van der Waals surface area contributed by atoms with Crippen LogP contribution in [0.25, 0.3) is 10.9 Å². The Labute approximate surface area is 68.3 Å². The van der Waals surface area contributed by atoms with E-state index in [0.29, 0.717) is 0 Å². The Bertz CT molecular complexity index is 283. The molecule has 2 aromatic rings. The molecule has 0 aliphatic rings. The van der Waals surface area contributed by atoms with Crippen LogP contribution in [0.2, 0.25) is 0 Å². The average Bonchev–Trinajstić information content (AvgIpc) is 2.05. The van der Waals surface area contributed by atoms with Crippen LogP contribution in [0.3, 0.4) is 0 Å². The zero-order valence-corrected chi connectivity index (χ0v) is 6.70. The van der Waals surface area contributed by atoms with Gasteiger partial charge in [-0.15, -0.1) is 0 Å². The summed E-state index contributed by atoms with van der Waals surface area (Å²) in [5.74, 6) is 0. The minimum Gasteiger partial charge on any atom is -0.244 e. The molecule has 0 fully saturated rings. The Morgan fingerprint density at radius 2 is 1.91 bits per heavy atom. The van der Waals surface area contributed by atoms with Crippen molar-refractivity contribution >= 4 is 20.8 Å². The van der Waals surface area contributed by atoms with E-state index in [9.17, 15) is 0 Å². The highest BCUT2D eigenvalue weighted by Crippen LogP contribution is 2.06. The quantitative estimate of drug-likeness (QED) is 0.554. The molecule has 0 bridgehead atoms. The molecule has 0 amide bonds. The third-order valence-corrected chi connectivity index (χ3v) is 1.41. The van der Waals surface area contributed by atoms with E-state index in [-0.39, 0.29) is 9.90 Å². The molecule has 0 aliphatic heterocycles. The highest BCUT2D eigenvalue weighted by atomic mass is 31.0. The fourth-order valence-electron chi connectivity index (χ4n) is 0.923. The number of hydrogen-bond acceptors (Lipinski definition) is 2. The molecule has 1 heterocycles. The summed E-state index contributed by atoms with van der Waals surface area (Å²) in [5, 5.41) is 1.09. The molecule has 2 rings (SSSR count). The van der Waals surface area contributed by atoms with Gasteiger partial charge in [0.1, 0.15) is 6.33 Å². The SMILES string of the molecule is [P].c1ccc2ncncc2c1. The minimum absolute atomic E-state index is 0. The highest BCUT2D eigenvalue weighted by Gasteiger charge is 1.87. The second-order valence-corrected chi connectivity index (χ2v) is 2.08. The molecule has 0 atom stereocenters. The summed E-state index contributed by atoms with van der Waals surface area (Å²) >= 11 is 0. The first-order valence-electron chi connectivity index (χ1n) is 3.11. The maximum absolute atomic E-state index is 4.07. The van der Waals surface area contributed by atoms with Gasteiger partial charge in [-0.3, -0.25) is 0 Å². The van der Waals surface area contributed by atoms with Crippen LogP contribution in [0.1, 0.15) is 0 Å². The van der Waals surface area contributed by atoms with E-state index >= 15 is 0 Å². The van der Waals surface area contributed by atoms with Crippen LogP contribution in [-0.2, 0) is 0 Å². The molecule has 0 spiro atoms. The molecule has 0 saturated heterocycles. The Hall–Kier alpha value is -1.01. The second-order valence-electron chi connectivity index (χ2n) is 2.08. The first kappa shape index (κ1) is 8.09. The summed E-state index contributed by atoms with van der Waals surface area (Å²) in [5.41, 5.74) is 0.998. The van der Waals surface area contributed by atoms with Gasteiger partial charge in [0.15, 0.2) is 0 Å². The topological polar surface area (TPSA) is 25.8 Å². The van der Waals surface area contributed by atoms with Crippen LogP contribution in [0.5, 0.6) is 0 Å². The van der Waals surface area contributed by atoms with Gasteiger partial charge in [0, 0.05) is 21.5 Å². The number of fused-ring (bicyclic) bond motifs is 1. The lowest BCUT2D eigenvalue weighted by Crippen LogP contribution is -1.77. The number of benzene rings is 1. The number of hydrogen-bond donors (Lipinski definition) is 0. The Morgan fingerprint density at radius 1 is 1.09 bits per heavy atom. The van der Waals surface area contributed by atoms with Crippen LogP contribution in [0.4, 0.5) is 0 Å². The lowest BCUT2D eigenvalue weighted by atomic mass is 10.2. The van der Waals surface area contributed by atoms with Gasteiger partial charge in [0.2, 0.25) is 0 Å². The third kappa shape index (κ3) is 1.52. The lowest BCUT2D eigenvalue weighted by Gasteiger charge is -1.90. The smallest absolute Gasteiger partial charge is 0.116 e. The van der Waals surface area contributed by atoms with Crippen LogP contribution < -0.4 is 0 Å². The van der Waals surface area contributed by atoms with Crippen LogP contribution in [-0.4, -0.2) is 9.97 Å². The summed E-state index contributed by atoms with van der Waals surface area (Å²) in [7, 11) is 0. The summed E-state index contributed by atoms with van der Waals surface area (Å²) in [6.07, 6.45) is 3.37. The predicted molar refractivity (Wildman–Crippen MR) is 46.5 cm³/mol. The molecule has 11 heavy (non-hydrogen) atoms. The maximum atomic E-state index is 4.07. The first-order valence-corrected chi connectivity index (χ1v) is 3.11. The molecule has 0 aliphatic carbocycles. The molecule has 53 valence electrons.